The van der Waals surface area contributed by atoms with Crippen LogP contribution < -0.4 is 4.74 Å². The van der Waals surface area contributed by atoms with Crippen molar-refractivity contribution in [3.63, 3.8) is 0 Å². The first-order valence-electron chi connectivity index (χ1n) is 10.0. The molecule has 0 spiro atoms. The highest BCUT2D eigenvalue weighted by atomic mass is 16.6. The van der Waals surface area contributed by atoms with Crippen molar-refractivity contribution < 1.29 is 19.2 Å². The van der Waals surface area contributed by atoms with Crippen LogP contribution in [0.15, 0.2) is 18.2 Å². The van der Waals surface area contributed by atoms with E-state index in [1.807, 2.05) is 4.90 Å². The first-order valence-corrected chi connectivity index (χ1v) is 10.0. The van der Waals surface area contributed by atoms with E-state index in [1.54, 1.807) is 11.0 Å². The number of amides is 2. The molecule has 1 atom stereocenters. The van der Waals surface area contributed by atoms with E-state index < -0.39 is 4.92 Å². The van der Waals surface area contributed by atoms with Gasteiger partial charge in [-0.2, -0.15) is 0 Å². The van der Waals surface area contributed by atoms with Crippen molar-refractivity contribution in [3.8, 4) is 5.75 Å². The average molecular weight is 404 g/mol. The minimum Gasteiger partial charge on any atom is -0.490 e. The van der Waals surface area contributed by atoms with Crippen LogP contribution in [-0.2, 0) is 4.79 Å². The average Bonchev–Trinajstić information content (AvgIpc) is 2.73. The van der Waals surface area contributed by atoms with E-state index in [-0.39, 0.29) is 28.8 Å². The van der Waals surface area contributed by atoms with Crippen molar-refractivity contribution in [2.75, 3.05) is 46.4 Å². The molecule has 9 nitrogen and oxygen atoms in total. The second-order valence-corrected chi connectivity index (χ2v) is 7.64. The number of hydrogen-bond acceptors (Lipinski definition) is 6. The van der Waals surface area contributed by atoms with Gasteiger partial charge in [-0.25, -0.2) is 0 Å². The number of carbonyl (C=O) groups excluding carboxylic acids is 2. The Morgan fingerprint density at radius 1 is 1.17 bits per heavy atom. The van der Waals surface area contributed by atoms with E-state index in [9.17, 15) is 19.7 Å². The Labute approximate surface area is 170 Å². The summed E-state index contributed by atoms with van der Waals surface area (Å²) in [6.45, 7) is 5.50. The standard InChI is InChI=1S/C20H28N4O5/c1-15-5-3-4-8-23(15)19(25)14-21-9-11-22(12-10-21)20(26)16-6-7-18(29-2)17(13-16)24(27)28/h6-7,13,15H,3-5,8-12,14H2,1-2H3. The molecule has 2 fully saturated rings. The summed E-state index contributed by atoms with van der Waals surface area (Å²) in [4.78, 5) is 41.7. The smallest absolute Gasteiger partial charge is 0.311 e. The van der Waals surface area contributed by atoms with Gasteiger partial charge in [0.15, 0.2) is 5.75 Å². The summed E-state index contributed by atoms with van der Waals surface area (Å²) in [5.74, 6) is 0.0379. The Balaban J connectivity index is 1.56. The number of piperazine rings is 1. The number of rotatable bonds is 5. The molecule has 0 radical (unpaired) electrons. The minimum atomic E-state index is -0.555. The van der Waals surface area contributed by atoms with Crippen molar-refractivity contribution >= 4 is 17.5 Å². The van der Waals surface area contributed by atoms with E-state index in [4.69, 9.17) is 4.74 Å². The van der Waals surface area contributed by atoms with E-state index in [0.717, 1.165) is 19.4 Å². The number of likely N-dealkylation sites (tertiary alicyclic amines) is 1. The summed E-state index contributed by atoms with van der Waals surface area (Å²) >= 11 is 0. The third-order valence-corrected chi connectivity index (χ3v) is 5.76. The second-order valence-electron chi connectivity index (χ2n) is 7.64. The molecule has 0 N–H and O–H groups in total. The predicted octanol–water partition coefficient (Wildman–Crippen LogP) is 1.76. The van der Waals surface area contributed by atoms with Crippen LogP contribution in [0.2, 0.25) is 0 Å². The highest BCUT2D eigenvalue weighted by molar-refractivity contribution is 5.95. The zero-order valence-corrected chi connectivity index (χ0v) is 17.0. The van der Waals surface area contributed by atoms with Gasteiger partial charge in [0.05, 0.1) is 18.6 Å². The van der Waals surface area contributed by atoms with Gasteiger partial charge in [-0.1, -0.05) is 0 Å². The lowest BCUT2D eigenvalue weighted by atomic mass is 10.0. The van der Waals surface area contributed by atoms with Gasteiger partial charge in [0.1, 0.15) is 0 Å². The first-order chi connectivity index (χ1) is 13.9. The summed E-state index contributed by atoms with van der Waals surface area (Å²) in [6, 6.07) is 4.54. The van der Waals surface area contributed by atoms with Gasteiger partial charge >= 0.3 is 5.69 Å². The molecule has 1 aromatic rings. The van der Waals surface area contributed by atoms with Crippen molar-refractivity contribution in [2.45, 2.75) is 32.2 Å². The summed E-state index contributed by atoms with van der Waals surface area (Å²) in [7, 11) is 1.36. The first kappa shape index (κ1) is 21.0. The Hall–Kier alpha value is -2.68. The fourth-order valence-corrected chi connectivity index (χ4v) is 4.01. The lowest BCUT2D eigenvalue weighted by Crippen LogP contribution is -2.53. The van der Waals surface area contributed by atoms with Crippen molar-refractivity contribution in [3.05, 3.63) is 33.9 Å². The Morgan fingerprint density at radius 3 is 2.52 bits per heavy atom. The third kappa shape index (κ3) is 4.84. The van der Waals surface area contributed by atoms with Crippen LogP contribution in [0.25, 0.3) is 0 Å². The summed E-state index contributed by atoms with van der Waals surface area (Å²) in [5, 5.41) is 11.2. The van der Waals surface area contributed by atoms with Crippen LogP contribution in [0.1, 0.15) is 36.5 Å². The summed E-state index contributed by atoms with van der Waals surface area (Å²) in [5.41, 5.74) is 0.0439. The minimum absolute atomic E-state index is 0.127. The van der Waals surface area contributed by atoms with Gasteiger partial charge < -0.3 is 14.5 Å². The van der Waals surface area contributed by atoms with E-state index >= 15 is 0 Å². The molecule has 158 valence electrons. The molecular weight excluding hydrogens is 376 g/mol. The van der Waals surface area contributed by atoms with Crippen LogP contribution in [0.5, 0.6) is 5.75 Å². The summed E-state index contributed by atoms with van der Waals surface area (Å²) in [6.07, 6.45) is 3.30. The van der Waals surface area contributed by atoms with Crippen molar-refractivity contribution in [2.24, 2.45) is 0 Å². The lowest BCUT2D eigenvalue weighted by Gasteiger charge is -2.38. The Kier molecular flexibility index (Phi) is 6.68. The molecule has 2 aliphatic heterocycles. The Morgan fingerprint density at radius 2 is 1.90 bits per heavy atom. The number of nitro groups is 1. The van der Waals surface area contributed by atoms with E-state index in [1.165, 1.54) is 25.7 Å². The topological polar surface area (TPSA) is 96.2 Å². The number of benzene rings is 1. The molecule has 0 aliphatic carbocycles. The maximum atomic E-state index is 12.8. The number of methoxy groups -OCH3 is 1. The maximum absolute atomic E-state index is 12.8. The summed E-state index contributed by atoms with van der Waals surface area (Å²) < 4.78 is 4.99. The molecule has 0 bridgehead atoms. The van der Waals surface area contributed by atoms with Gasteiger partial charge in [-0.05, 0) is 38.3 Å². The van der Waals surface area contributed by atoms with Crippen LogP contribution in [-0.4, -0.2) is 83.9 Å². The predicted molar refractivity (Wildman–Crippen MR) is 107 cm³/mol. The maximum Gasteiger partial charge on any atom is 0.311 e. The van der Waals surface area contributed by atoms with E-state index in [0.29, 0.717) is 38.8 Å². The van der Waals surface area contributed by atoms with Gasteiger partial charge in [0.2, 0.25) is 5.91 Å². The van der Waals surface area contributed by atoms with Crippen LogP contribution in [0.4, 0.5) is 5.69 Å². The largest absolute Gasteiger partial charge is 0.490 e. The van der Waals surface area contributed by atoms with Gasteiger partial charge in [-0.15, -0.1) is 0 Å². The van der Waals surface area contributed by atoms with Gasteiger partial charge in [-0.3, -0.25) is 24.6 Å². The molecule has 2 heterocycles. The molecule has 2 saturated heterocycles. The zero-order valence-electron chi connectivity index (χ0n) is 17.0. The molecule has 0 aromatic heterocycles. The highest BCUT2D eigenvalue weighted by Gasteiger charge is 2.28. The van der Waals surface area contributed by atoms with Gasteiger partial charge in [0, 0.05) is 50.4 Å². The molecule has 1 aromatic carbocycles. The molecule has 2 aliphatic rings. The Bertz CT molecular complexity index is 776. The van der Waals surface area contributed by atoms with Crippen molar-refractivity contribution in [1.29, 1.82) is 0 Å². The molecule has 1 unspecified atom stereocenters. The third-order valence-electron chi connectivity index (χ3n) is 5.76. The van der Waals surface area contributed by atoms with E-state index in [2.05, 4.69) is 11.8 Å². The lowest BCUT2D eigenvalue weighted by molar-refractivity contribution is -0.385. The number of nitro benzene ring substituents is 1. The quantitative estimate of drug-likeness (QED) is 0.548. The normalized spacial score (nSPS) is 20.4. The molecule has 3 rings (SSSR count). The zero-order chi connectivity index (χ0) is 21.0. The fourth-order valence-electron chi connectivity index (χ4n) is 4.01. The second kappa shape index (κ2) is 9.21. The molecule has 2 amide bonds. The number of hydrogen-bond donors (Lipinski definition) is 0. The molecule has 0 saturated carbocycles. The highest BCUT2D eigenvalue weighted by Crippen LogP contribution is 2.28. The fraction of sp³-hybridized carbons (Fsp3) is 0.600. The van der Waals surface area contributed by atoms with Crippen LogP contribution in [0.3, 0.4) is 0 Å². The number of piperidine rings is 1. The van der Waals surface area contributed by atoms with Crippen LogP contribution in [0, 0.1) is 10.1 Å². The SMILES string of the molecule is COc1ccc(C(=O)N2CCN(CC(=O)N3CCCCC3C)CC2)cc1[N+](=O)[O-]. The molecule has 29 heavy (non-hydrogen) atoms. The van der Waals surface area contributed by atoms with Crippen molar-refractivity contribution in [1.82, 2.24) is 14.7 Å². The number of ether oxygens (including phenoxy) is 1. The molecular formula is C20H28N4O5. The molecule has 9 heteroatoms. The number of carbonyl (C=O) groups is 2. The van der Waals surface area contributed by atoms with Crippen LogP contribution >= 0.6 is 0 Å². The number of nitrogens with zero attached hydrogens (tertiary/aromatic N) is 4. The van der Waals surface area contributed by atoms with Gasteiger partial charge in [0.25, 0.3) is 5.91 Å². The monoisotopic (exact) mass is 404 g/mol.